The van der Waals surface area contributed by atoms with Gasteiger partial charge in [-0.3, -0.25) is 9.59 Å². The van der Waals surface area contributed by atoms with Crippen LogP contribution < -0.4 is 0 Å². The number of hydrogen-bond donors (Lipinski definition) is 2. The maximum atomic E-state index is 12.3. The van der Waals surface area contributed by atoms with Crippen molar-refractivity contribution in [1.82, 2.24) is 0 Å². The van der Waals surface area contributed by atoms with Crippen molar-refractivity contribution < 1.29 is 34.0 Å². The fraction of sp³-hybridized carbons (Fsp3) is 0.833. The molecule has 2 spiro atoms. The second-order valence-electron chi connectivity index (χ2n) is 11.2. The molecule has 0 radical (unpaired) electrons. The summed E-state index contributed by atoms with van der Waals surface area (Å²) in [6.45, 7) is 11.5. The molecule has 0 aromatic carbocycles. The van der Waals surface area contributed by atoms with E-state index in [0.29, 0.717) is 12.2 Å². The number of aliphatic hydroxyl groups is 2. The van der Waals surface area contributed by atoms with Gasteiger partial charge in [0.2, 0.25) is 5.79 Å². The van der Waals surface area contributed by atoms with E-state index in [2.05, 4.69) is 20.4 Å². The Kier molecular flexibility index (Phi) is 4.37. The number of carbonyl (C=O) groups is 2. The van der Waals surface area contributed by atoms with Gasteiger partial charge in [-0.05, 0) is 42.6 Å². The van der Waals surface area contributed by atoms with Gasteiger partial charge in [0.15, 0.2) is 6.10 Å². The van der Waals surface area contributed by atoms with E-state index in [0.717, 1.165) is 32.1 Å². The zero-order valence-electron chi connectivity index (χ0n) is 18.8. The average Bonchev–Trinajstić information content (AvgIpc) is 2.77. The van der Waals surface area contributed by atoms with Gasteiger partial charge in [0, 0.05) is 31.1 Å². The first-order valence-corrected chi connectivity index (χ1v) is 11.5. The molecule has 1 unspecified atom stereocenters. The van der Waals surface area contributed by atoms with Crippen molar-refractivity contribution in [1.29, 1.82) is 0 Å². The van der Waals surface area contributed by atoms with E-state index in [1.807, 2.05) is 0 Å². The fourth-order valence-electron chi connectivity index (χ4n) is 8.84. The molecule has 6 rings (SSSR count). The molecule has 4 aliphatic carbocycles. The van der Waals surface area contributed by atoms with E-state index in [4.69, 9.17) is 14.2 Å². The monoisotopic (exact) mass is 434 g/mol. The summed E-state index contributed by atoms with van der Waals surface area (Å²) in [5.74, 6) is -3.51. The molecule has 2 N–H and O–H groups in total. The number of esters is 2. The van der Waals surface area contributed by atoms with Crippen LogP contribution in [0.5, 0.6) is 0 Å². The zero-order chi connectivity index (χ0) is 22.6. The quantitative estimate of drug-likeness (QED) is 0.508. The van der Waals surface area contributed by atoms with Crippen LogP contribution in [0.1, 0.15) is 59.8 Å². The van der Waals surface area contributed by atoms with Crippen molar-refractivity contribution in [3.63, 3.8) is 0 Å². The Hall–Kier alpha value is -1.44. The zero-order valence-corrected chi connectivity index (χ0v) is 18.8. The topological polar surface area (TPSA) is 102 Å². The van der Waals surface area contributed by atoms with Crippen LogP contribution in [0, 0.1) is 34.0 Å². The van der Waals surface area contributed by atoms with Crippen molar-refractivity contribution in [2.75, 3.05) is 6.61 Å². The third-order valence-corrected chi connectivity index (χ3v) is 9.53. The Bertz CT molecular complexity index is 851. The third kappa shape index (κ3) is 2.30. The molecule has 6 aliphatic rings. The SMILES string of the molecule is C=C1C(OC(C)=O)[C@]23[C@H](O)[C@H]1CC[C@H]2[C@]12CCCC(C)(C)[C@H]1[C@H](OC(C)=O)[C@@]3(O)OC2. The number of fused-ring (bicyclic) bond motifs is 2. The van der Waals surface area contributed by atoms with Gasteiger partial charge >= 0.3 is 11.9 Å². The van der Waals surface area contributed by atoms with Crippen LogP contribution in [0.25, 0.3) is 0 Å². The molecule has 7 nitrogen and oxygen atoms in total. The van der Waals surface area contributed by atoms with Crippen LogP contribution >= 0.6 is 0 Å². The van der Waals surface area contributed by atoms with Gasteiger partial charge in [-0.15, -0.1) is 0 Å². The predicted octanol–water partition coefficient (Wildman–Crippen LogP) is 2.34. The highest BCUT2D eigenvalue weighted by molar-refractivity contribution is 5.67. The minimum absolute atomic E-state index is 0.123. The van der Waals surface area contributed by atoms with Crippen molar-refractivity contribution in [2.24, 2.45) is 34.0 Å². The summed E-state index contributed by atoms with van der Waals surface area (Å²) < 4.78 is 17.9. The van der Waals surface area contributed by atoms with Gasteiger partial charge in [0.25, 0.3) is 0 Å². The predicted molar refractivity (Wildman–Crippen MR) is 109 cm³/mol. The highest BCUT2D eigenvalue weighted by Gasteiger charge is 2.86. The Morgan fingerprint density at radius 3 is 2.45 bits per heavy atom. The Morgan fingerprint density at radius 2 is 1.81 bits per heavy atom. The van der Waals surface area contributed by atoms with E-state index in [9.17, 15) is 19.8 Å². The lowest BCUT2D eigenvalue weighted by Gasteiger charge is -2.75. The Balaban J connectivity index is 1.78. The van der Waals surface area contributed by atoms with Crippen molar-refractivity contribution in [2.45, 2.75) is 83.9 Å². The molecule has 0 aromatic rings. The van der Waals surface area contributed by atoms with E-state index in [-0.39, 0.29) is 28.6 Å². The second-order valence-corrected chi connectivity index (χ2v) is 11.2. The molecular weight excluding hydrogens is 400 g/mol. The molecule has 6 fully saturated rings. The van der Waals surface area contributed by atoms with Crippen LogP contribution in [-0.2, 0) is 23.8 Å². The number of carbonyl (C=O) groups excluding carboxylic acids is 2. The lowest BCUT2D eigenvalue weighted by molar-refractivity contribution is -0.467. The van der Waals surface area contributed by atoms with E-state index >= 15 is 0 Å². The van der Waals surface area contributed by atoms with Gasteiger partial charge in [-0.25, -0.2) is 0 Å². The molecule has 7 heteroatoms. The summed E-state index contributed by atoms with van der Waals surface area (Å²) >= 11 is 0. The van der Waals surface area contributed by atoms with Gasteiger partial charge in [-0.2, -0.15) is 0 Å². The first-order valence-electron chi connectivity index (χ1n) is 11.5. The van der Waals surface area contributed by atoms with Crippen LogP contribution in [0.3, 0.4) is 0 Å². The van der Waals surface area contributed by atoms with Crippen LogP contribution in [0.2, 0.25) is 0 Å². The average molecular weight is 435 g/mol. The summed E-state index contributed by atoms with van der Waals surface area (Å²) in [4.78, 5) is 24.3. The van der Waals surface area contributed by atoms with Crippen molar-refractivity contribution >= 4 is 11.9 Å². The Labute approximate surface area is 183 Å². The molecule has 31 heavy (non-hydrogen) atoms. The van der Waals surface area contributed by atoms with Gasteiger partial charge in [0.1, 0.15) is 6.10 Å². The van der Waals surface area contributed by atoms with Crippen LogP contribution in [0.15, 0.2) is 12.2 Å². The molecule has 4 bridgehead atoms. The minimum Gasteiger partial charge on any atom is -0.457 e. The molecule has 0 amide bonds. The largest absolute Gasteiger partial charge is 0.457 e. The lowest BCUT2D eigenvalue weighted by Crippen LogP contribution is -2.84. The normalized spacial score (nSPS) is 51.6. The number of aliphatic hydroxyl groups excluding tert-OH is 1. The minimum atomic E-state index is -1.97. The number of ether oxygens (including phenoxy) is 3. The van der Waals surface area contributed by atoms with Gasteiger partial charge < -0.3 is 24.4 Å². The first kappa shape index (κ1) is 21.4. The second kappa shape index (κ2) is 6.33. The molecular formula is C24H34O7. The third-order valence-electron chi connectivity index (χ3n) is 9.53. The number of hydrogen-bond acceptors (Lipinski definition) is 7. The number of rotatable bonds is 2. The maximum Gasteiger partial charge on any atom is 0.303 e. The van der Waals surface area contributed by atoms with Crippen LogP contribution in [-0.4, -0.2) is 52.9 Å². The van der Waals surface area contributed by atoms with Gasteiger partial charge in [-0.1, -0.05) is 26.8 Å². The summed E-state index contributed by atoms with van der Waals surface area (Å²) in [5, 5.41) is 24.0. The van der Waals surface area contributed by atoms with E-state index in [1.165, 1.54) is 13.8 Å². The molecule has 2 aliphatic heterocycles. The molecule has 2 saturated heterocycles. The lowest BCUT2D eigenvalue weighted by atomic mass is 9.36. The molecule has 0 aromatic heterocycles. The van der Waals surface area contributed by atoms with E-state index in [1.54, 1.807) is 0 Å². The molecule has 172 valence electrons. The summed E-state index contributed by atoms with van der Waals surface area (Å²) in [5.41, 5.74) is -1.26. The molecule has 9 atom stereocenters. The van der Waals surface area contributed by atoms with E-state index < -0.39 is 41.5 Å². The van der Waals surface area contributed by atoms with Crippen molar-refractivity contribution in [3.05, 3.63) is 12.2 Å². The smallest absolute Gasteiger partial charge is 0.303 e. The van der Waals surface area contributed by atoms with Crippen molar-refractivity contribution in [3.8, 4) is 0 Å². The fourth-order valence-corrected chi connectivity index (χ4v) is 8.84. The first-order chi connectivity index (χ1) is 14.4. The molecule has 4 saturated carbocycles. The highest BCUT2D eigenvalue weighted by Crippen LogP contribution is 2.78. The molecule has 2 heterocycles. The maximum absolute atomic E-state index is 12.3. The summed E-state index contributed by atoms with van der Waals surface area (Å²) in [6.07, 6.45) is 1.48. The summed E-state index contributed by atoms with van der Waals surface area (Å²) in [6, 6.07) is 0. The highest BCUT2D eigenvalue weighted by atomic mass is 16.7. The van der Waals surface area contributed by atoms with Crippen LogP contribution in [0.4, 0.5) is 0 Å². The van der Waals surface area contributed by atoms with Gasteiger partial charge in [0.05, 0.1) is 18.1 Å². The summed E-state index contributed by atoms with van der Waals surface area (Å²) in [7, 11) is 0. The Morgan fingerprint density at radius 1 is 1.13 bits per heavy atom. The standard InChI is InChI=1S/C24H34O7/c1-12-15-7-8-16-22-10-6-9-21(4,5)17(22)20(31-14(3)26)24(28,29-11-22)23(16,18(15)27)19(12)30-13(2)25/h15-20,27-28H,1,6-11H2,2-5H3/t15-,16-,17+,18+,19?,20-,22+,23+,24+/m0/s1.